The lowest BCUT2D eigenvalue weighted by Gasteiger charge is -2.20. The summed E-state index contributed by atoms with van der Waals surface area (Å²) < 4.78 is 76.7. The summed E-state index contributed by atoms with van der Waals surface area (Å²) in [5, 5.41) is 0. The smallest absolute Gasteiger partial charge is 0.416 e. The zero-order chi connectivity index (χ0) is 18.9. The van der Waals surface area contributed by atoms with E-state index in [4.69, 9.17) is 9.47 Å². The van der Waals surface area contributed by atoms with Gasteiger partial charge in [0.25, 0.3) is 0 Å². The fourth-order valence-electron chi connectivity index (χ4n) is 2.54. The van der Waals surface area contributed by atoms with Crippen molar-refractivity contribution in [2.24, 2.45) is 0 Å². The number of alkyl halides is 3. The molecule has 2 aromatic rings. The Labute approximate surface area is 148 Å². The molecule has 1 atom stereocenters. The molecule has 9 heteroatoms. The molecule has 0 fully saturated rings. The molecule has 2 aromatic carbocycles. The second-order valence-electron chi connectivity index (χ2n) is 5.77. The Morgan fingerprint density at radius 2 is 1.73 bits per heavy atom. The van der Waals surface area contributed by atoms with Crippen molar-refractivity contribution in [2.45, 2.75) is 24.0 Å². The minimum Gasteiger partial charge on any atom is -0.486 e. The van der Waals surface area contributed by atoms with Crippen LogP contribution in [0.1, 0.15) is 24.1 Å². The van der Waals surface area contributed by atoms with Gasteiger partial charge in [-0.2, -0.15) is 13.2 Å². The van der Waals surface area contributed by atoms with Crippen LogP contribution < -0.4 is 14.2 Å². The van der Waals surface area contributed by atoms with E-state index in [0.29, 0.717) is 24.7 Å². The molecule has 26 heavy (non-hydrogen) atoms. The molecule has 0 spiro atoms. The quantitative estimate of drug-likeness (QED) is 0.872. The number of fused-ring (bicyclic) bond motifs is 1. The minimum absolute atomic E-state index is 0.0550. The molecule has 1 N–H and O–H groups in total. The van der Waals surface area contributed by atoms with Crippen molar-refractivity contribution in [3.05, 3.63) is 53.6 Å². The summed E-state index contributed by atoms with van der Waals surface area (Å²) >= 11 is 0. The number of ether oxygens (including phenoxy) is 2. The van der Waals surface area contributed by atoms with E-state index in [-0.39, 0.29) is 10.5 Å². The van der Waals surface area contributed by atoms with Crippen molar-refractivity contribution in [1.82, 2.24) is 4.72 Å². The summed E-state index contributed by atoms with van der Waals surface area (Å²) in [7, 11) is -3.96. The number of rotatable bonds is 4. The van der Waals surface area contributed by atoms with Gasteiger partial charge in [0.15, 0.2) is 11.5 Å². The number of benzene rings is 2. The van der Waals surface area contributed by atoms with E-state index in [1.54, 1.807) is 0 Å². The lowest BCUT2D eigenvalue weighted by Crippen LogP contribution is -2.27. The Hall–Kier alpha value is -2.26. The van der Waals surface area contributed by atoms with E-state index >= 15 is 0 Å². The molecular weight excluding hydrogens is 371 g/mol. The van der Waals surface area contributed by atoms with E-state index in [1.165, 1.54) is 37.3 Å². The number of sulfonamides is 1. The van der Waals surface area contributed by atoms with Crippen LogP contribution in [-0.2, 0) is 16.2 Å². The molecule has 0 unspecified atom stereocenters. The van der Waals surface area contributed by atoms with E-state index < -0.39 is 27.8 Å². The highest BCUT2D eigenvalue weighted by atomic mass is 32.2. The van der Waals surface area contributed by atoms with Gasteiger partial charge < -0.3 is 9.47 Å². The summed E-state index contributed by atoms with van der Waals surface area (Å²) in [5.41, 5.74) is -0.624. The molecule has 0 saturated carbocycles. The Kier molecular flexibility index (Phi) is 4.85. The van der Waals surface area contributed by atoms with Crippen LogP contribution in [0.5, 0.6) is 11.5 Å². The van der Waals surface area contributed by atoms with Gasteiger partial charge in [0.05, 0.1) is 10.5 Å². The normalized spacial score (nSPS) is 15.5. The number of halogens is 3. The fourth-order valence-corrected chi connectivity index (χ4v) is 3.79. The molecule has 0 radical (unpaired) electrons. The molecular formula is C17H16F3NO4S. The molecule has 1 heterocycles. The molecule has 1 aliphatic heterocycles. The molecule has 3 rings (SSSR count). The summed E-state index contributed by atoms with van der Waals surface area (Å²) in [6.07, 6.45) is -4.50. The summed E-state index contributed by atoms with van der Waals surface area (Å²) in [4.78, 5) is -0.0550. The van der Waals surface area contributed by atoms with Gasteiger partial charge in [0.1, 0.15) is 13.2 Å². The highest BCUT2D eigenvalue weighted by molar-refractivity contribution is 7.89. The number of hydrogen-bond donors (Lipinski definition) is 1. The van der Waals surface area contributed by atoms with Crippen molar-refractivity contribution in [3.63, 3.8) is 0 Å². The summed E-state index contributed by atoms with van der Waals surface area (Å²) in [6.45, 7) is 2.17. The lowest BCUT2D eigenvalue weighted by atomic mass is 10.1. The Balaban J connectivity index is 1.83. The Bertz CT molecular complexity index is 912. The van der Waals surface area contributed by atoms with Gasteiger partial charge in [-0.3, -0.25) is 0 Å². The summed E-state index contributed by atoms with van der Waals surface area (Å²) in [5.74, 6) is 0.756. The average Bonchev–Trinajstić information content (AvgIpc) is 2.60. The predicted molar refractivity (Wildman–Crippen MR) is 87.6 cm³/mol. The topological polar surface area (TPSA) is 64.6 Å². The zero-order valence-corrected chi connectivity index (χ0v) is 14.5. The van der Waals surface area contributed by atoms with Crippen LogP contribution >= 0.6 is 0 Å². The van der Waals surface area contributed by atoms with Crippen LogP contribution in [0.25, 0.3) is 0 Å². The molecule has 0 saturated heterocycles. The van der Waals surface area contributed by atoms with Crippen molar-refractivity contribution < 1.29 is 31.1 Å². The SMILES string of the molecule is C[C@@H](NS(=O)(=O)c1ccc2c(c1)OCCO2)c1cccc(C(F)(F)F)c1. The maximum atomic E-state index is 12.8. The average molecular weight is 387 g/mol. The van der Waals surface area contributed by atoms with Crippen LogP contribution in [0, 0.1) is 0 Å². The van der Waals surface area contributed by atoms with Crippen molar-refractivity contribution in [3.8, 4) is 11.5 Å². The van der Waals surface area contributed by atoms with Crippen LogP contribution in [-0.4, -0.2) is 21.6 Å². The van der Waals surface area contributed by atoms with Gasteiger partial charge in [-0.25, -0.2) is 13.1 Å². The second-order valence-corrected chi connectivity index (χ2v) is 7.49. The molecule has 0 bridgehead atoms. The van der Waals surface area contributed by atoms with E-state index in [1.807, 2.05) is 0 Å². The number of hydrogen-bond acceptors (Lipinski definition) is 4. The molecule has 0 amide bonds. The van der Waals surface area contributed by atoms with E-state index in [0.717, 1.165) is 12.1 Å². The van der Waals surface area contributed by atoms with Crippen LogP contribution in [0.3, 0.4) is 0 Å². The molecule has 0 aromatic heterocycles. The maximum absolute atomic E-state index is 12.8. The summed E-state index contributed by atoms with van der Waals surface area (Å²) in [6, 6.07) is 7.86. The molecule has 5 nitrogen and oxygen atoms in total. The van der Waals surface area contributed by atoms with Crippen LogP contribution in [0.2, 0.25) is 0 Å². The van der Waals surface area contributed by atoms with Gasteiger partial charge in [-0.05, 0) is 36.8 Å². The van der Waals surface area contributed by atoms with Gasteiger partial charge in [-0.15, -0.1) is 0 Å². The third-order valence-electron chi connectivity index (χ3n) is 3.87. The second kappa shape index (κ2) is 6.81. The van der Waals surface area contributed by atoms with E-state index in [2.05, 4.69) is 4.72 Å². The van der Waals surface area contributed by atoms with Gasteiger partial charge in [-0.1, -0.05) is 12.1 Å². The Morgan fingerprint density at radius 1 is 1.04 bits per heavy atom. The van der Waals surface area contributed by atoms with E-state index in [9.17, 15) is 21.6 Å². The first-order valence-corrected chi connectivity index (χ1v) is 9.24. The van der Waals surface area contributed by atoms with Gasteiger partial charge in [0.2, 0.25) is 10.0 Å². The molecule has 140 valence electrons. The number of nitrogens with one attached hydrogen (secondary N) is 1. The first-order chi connectivity index (χ1) is 12.2. The fraction of sp³-hybridized carbons (Fsp3) is 0.294. The monoisotopic (exact) mass is 387 g/mol. The van der Waals surface area contributed by atoms with Gasteiger partial charge in [0, 0.05) is 12.1 Å². The maximum Gasteiger partial charge on any atom is 0.416 e. The van der Waals surface area contributed by atoms with Crippen LogP contribution in [0.15, 0.2) is 47.4 Å². The third kappa shape index (κ3) is 3.94. The van der Waals surface area contributed by atoms with Gasteiger partial charge >= 0.3 is 6.18 Å². The molecule has 0 aliphatic carbocycles. The highest BCUT2D eigenvalue weighted by Gasteiger charge is 2.31. The largest absolute Gasteiger partial charge is 0.486 e. The lowest BCUT2D eigenvalue weighted by molar-refractivity contribution is -0.137. The highest BCUT2D eigenvalue weighted by Crippen LogP contribution is 2.33. The van der Waals surface area contributed by atoms with Crippen molar-refractivity contribution in [2.75, 3.05) is 13.2 Å². The first-order valence-electron chi connectivity index (χ1n) is 7.76. The first kappa shape index (κ1) is 18.5. The standard InChI is InChI=1S/C17H16F3NO4S/c1-11(12-3-2-4-13(9-12)17(18,19)20)21-26(22,23)14-5-6-15-16(10-14)25-8-7-24-15/h2-6,9-11,21H,7-8H2,1H3/t11-/m1/s1. The predicted octanol–water partition coefficient (Wildman–Crippen LogP) is 3.52. The van der Waals surface area contributed by atoms with Crippen molar-refractivity contribution >= 4 is 10.0 Å². The van der Waals surface area contributed by atoms with Crippen LogP contribution in [0.4, 0.5) is 13.2 Å². The minimum atomic E-state index is -4.50. The molecule has 1 aliphatic rings. The Morgan fingerprint density at radius 3 is 2.42 bits per heavy atom. The third-order valence-corrected chi connectivity index (χ3v) is 5.41. The van der Waals surface area contributed by atoms with Crippen molar-refractivity contribution in [1.29, 1.82) is 0 Å². The zero-order valence-electron chi connectivity index (χ0n) is 13.7.